The zero-order chi connectivity index (χ0) is 17.5. The van der Waals surface area contributed by atoms with Crippen LogP contribution in [-0.4, -0.2) is 56.4 Å². The van der Waals surface area contributed by atoms with Gasteiger partial charge in [0.25, 0.3) is 0 Å². The molecule has 1 saturated heterocycles. The van der Waals surface area contributed by atoms with E-state index in [1.807, 2.05) is 13.0 Å². The number of methoxy groups -OCH3 is 1. The highest BCUT2D eigenvalue weighted by Gasteiger charge is 2.36. The molecule has 1 aromatic carbocycles. The van der Waals surface area contributed by atoms with Gasteiger partial charge < -0.3 is 15.0 Å². The molecule has 132 valence electrons. The number of thioether (sulfide) groups is 1. The molecule has 0 aromatic heterocycles. The second-order valence-electron chi connectivity index (χ2n) is 5.76. The number of esters is 1. The van der Waals surface area contributed by atoms with Gasteiger partial charge in [0.2, 0.25) is 0 Å². The van der Waals surface area contributed by atoms with Crippen LogP contribution in [0.15, 0.2) is 34.2 Å². The maximum Gasteiger partial charge on any atom is 0.310 e. The van der Waals surface area contributed by atoms with Crippen LogP contribution in [0.3, 0.4) is 0 Å². The average Bonchev–Trinajstić information content (AvgIpc) is 2.97. The Labute approximate surface area is 146 Å². The Bertz CT molecular complexity index is 597. The first-order valence-electron chi connectivity index (χ1n) is 7.97. The van der Waals surface area contributed by atoms with Gasteiger partial charge >= 0.3 is 5.97 Å². The van der Waals surface area contributed by atoms with E-state index in [9.17, 15) is 9.18 Å². The predicted octanol–water partition coefficient (Wildman–Crippen LogP) is 2.23. The monoisotopic (exact) mass is 353 g/mol. The summed E-state index contributed by atoms with van der Waals surface area (Å²) in [6, 6.07) is 6.76. The number of rotatable bonds is 5. The van der Waals surface area contributed by atoms with E-state index in [0.29, 0.717) is 18.0 Å². The van der Waals surface area contributed by atoms with E-state index in [-0.39, 0.29) is 23.6 Å². The summed E-state index contributed by atoms with van der Waals surface area (Å²) in [5.74, 6) is 1.23. The molecule has 0 amide bonds. The second-order valence-corrected chi connectivity index (χ2v) is 6.90. The van der Waals surface area contributed by atoms with Crippen LogP contribution in [0, 0.1) is 17.7 Å². The Balaban J connectivity index is 1.81. The number of nitrogens with one attached hydrogen (secondary N) is 1. The second kappa shape index (κ2) is 8.92. The van der Waals surface area contributed by atoms with Crippen LogP contribution in [0.5, 0.6) is 0 Å². The summed E-state index contributed by atoms with van der Waals surface area (Å²) in [7, 11) is 3.15. The van der Waals surface area contributed by atoms with E-state index in [4.69, 9.17) is 4.74 Å². The summed E-state index contributed by atoms with van der Waals surface area (Å²) < 4.78 is 18.4. The van der Waals surface area contributed by atoms with Crippen LogP contribution in [0.4, 0.5) is 4.39 Å². The predicted molar refractivity (Wildman–Crippen MR) is 94.7 cm³/mol. The summed E-state index contributed by atoms with van der Waals surface area (Å²) in [5, 5.41) is 3.28. The van der Waals surface area contributed by atoms with Crippen molar-refractivity contribution < 1.29 is 13.9 Å². The van der Waals surface area contributed by atoms with Gasteiger partial charge in [-0.2, -0.15) is 0 Å². The fraction of sp³-hybridized carbons (Fsp3) is 0.529. The van der Waals surface area contributed by atoms with Crippen LogP contribution < -0.4 is 5.32 Å². The fourth-order valence-electron chi connectivity index (χ4n) is 2.82. The lowest BCUT2D eigenvalue weighted by molar-refractivity contribution is -0.145. The highest BCUT2D eigenvalue weighted by Crippen LogP contribution is 2.24. The van der Waals surface area contributed by atoms with Crippen molar-refractivity contribution in [3.05, 3.63) is 30.1 Å². The van der Waals surface area contributed by atoms with Gasteiger partial charge in [-0.05, 0) is 18.1 Å². The van der Waals surface area contributed by atoms with Crippen LogP contribution in [-0.2, 0) is 9.53 Å². The standard InChI is InChI=1S/C17H24FN3O2S/c1-12-10-21(11-13(12)16(22)23-3)17(19-2)20-8-9-24-15-7-5-4-6-14(15)18/h4-7,12-13H,8-11H2,1-3H3,(H,19,20). The summed E-state index contributed by atoms with van der Waals surface area (Å²) in [5.41, 5.74) is 0. The van der Waals surface area contributed by atoms with E-state index in [2.05, 4.69) is 15.2 Å². The lowest BCUT2D eigenvalue weighted by Crippen LogP contribution is -2.41. The van der Waals surface area contributed by atoms with Crippen molar-refractivity contribution in [1.82, 2.24) is 10.2 Å². The number of nitrogens with zero attached hydrogens (tertiary/aromatic N) is 2. The maximum absolute atomic E-state index is 13.6. The Hall–Kier alpha value is -1.76. The molecule has 5 nitrogen and oxygen atoms in total. The zero-order valence-corrected chi connectivity index (χ0v) is 15.1. The van der Waals surface area contributed by atoms with E-state index >= 15 is 0 Å². The number of likely N-dealkylation sites (tertiary alicyclic amines) is 1. The van der Waals surface area contributed by atoms with Crippen molar-refractivity contribution in [2.24, 2.45) is 16.8 Å². The number of hydrogen-bond donors (Lipinski definition) is 1. The van der Waals surface area contributed by atoms with Gasteiger partial charge in [-0.15, -0.1) is 11.8 Å². The van der Waals surface area contributed by atoms with Crippen molar-refractivity contribution in [2.45, 2.75) is 11.8 Å². The van der Waals surface area contributed by atoms with Crippen molar-refractivity contribution in [1.29, 1.82) is 0 Å². The molecule has 2 atom stereocenters. The number of aliphatic imine (C=N–C) groups is 1. The molecule has 2 rings (SSSR count). The zero-order valence-electron chi connectivity index (χ0n) is 14.3. The molecule has 7 heteroatoms. The molecule has 1 aliphatic rings. The van der Waals surface area contributed by atoms with Crippen LogP contribution in [0.25, 0.3) is 0 Å². The Morgan fingerprint density at radius 3 is 2.88 bits per heavy atom. The number of guanidine groups is 1. The third-order valence-corrected chi connectivity index (χ3v) is 5.16. The summed E-state index contributed by atoms with van der Waals surface area (Å²) in [6.07, 6.45) is 0. The number of benzene rings is 1. The third-order valence-electron chi connectivity index (χ3n) is 4.11. The molecular formula is C17H24FN3O2S. The first kappa shape index (κ1) is 18.6. The number of halogens is 1. The molecule has 2 unspecified atom stereocenters. The number of carbonyl (C=O) groups excluding carboxylic acids is 1. The lowest BCUT2D eigenvalue weighted by Gasteiger charge is -2.21. The Kier molecular flexibility index (Phi) is 6.90. The van der Waals surface area contributed by atoms with E-state index < -0.39 is 0 Å². The van der Waals surface area contributed by atoms with Gasteiger partial charge in [0.15, 0.2) is 5.96 Å². The minimum atomic E-state index is -0.193. The van der Waals surface area contributed by atoms with Crippen molar-refractivity contribution >= 4 is 23.7 Å². The van der Waals surface area contributed by atoms with Gasteiger partial charge in [-0.3, -0.25) is 9.79 Å². The first-order valence-corrected chi connectivity index (χ1v) is 8.96. The van der Waals surface area contributed by atoms with Gasteiger partial charge in [-0.1, -0.05) is 19.1 Å². The minimum absolute atomic E-state index is 0.124. The third kappa shape index (κ3) is 4.63. The van der Waals surface area contributed by atoms with Crippen LogP contribution >= 0.6 is 11.8 Å². The molecule has 1 heterocycles. The lowest BCUT2D eigenvalue weighted by atomic mass is 9.99. The summed E-state index contributed by atoms with van der Waals surface area (Å²) in [4.78, 5) is 18.8. The molecular weight excluding hydrogens is 329 g/mol. The smallest absolute Gasteiger partial charge is 0.310 e. The highest BCUT2D eigenvalue weighted by atomic mass is 32.2. The van der Waals surface area contributed by atoms with Gasteiger partial charge in [0.05, 0.1) is 13.0 Å². The molecule has 24 heavy (non-hydrogen) atoms. The van der Waals surface area contributed by atoms with Gasteiger partial charge in [0.1, 0.15) is 5.82 Å². The molecule has 0 bridgehead atoms. The Morgan fingerprint density at radius 2 is 2.21 bits per heavy atom. The maximum atomic E-state index is 13.6. The molecule has 0 aliphatic carbocycles. The van der Waals surface area contributed by atoms with Crippen LogP contribution in [0.1, 0.15) is 6.92 Å². The van der Waals surface area contributed by atoms with E-state index in [1.165, 1.54) is 24.9 Å². The van der Waals surface area contributed by atoms with E-state index in [0.717, 1.165) is 18.3 Å². The minimum Gasteiger partial charge on any atom is -0.469 e. The van der Waals surface area contributed by atoms with Crippen molar-refractivity contribution in [3.8, 4) is 0 Å². The highest BCUT2D eigenvalue weighted by molar-refractivity contribution is 7.99. The first-order chi connectivity index (χ1) is 11.6. The molecule has 1 N–H and O–H groups in total. The average molecular weight is 353 g/mol. The number of carbonyl (C=O) groups is 1. The fourth-order valence-corrected chi connectivity index (χ4v) is 3.62. The van der Waals surface area contributed by atoms with E-state index in [1.54, 1.807) is 19.2 Å². The normalized spacial score (nSPS) is 21.0. The SMILES string of the molecule is CN=C(NCCSc1ccccc1F)N1CC(C)C(C(=O)OC)C1. The largest absolute Gasteiger partial charge is 0.469 e. The van der Waals surface area contributed by atoms with Crippen LogP contribution in [0.2, 0.25) is 0 Å². The quantitative estimate of drug-likeness (QED) is 0.289. The van der Waals surface area contributed by atoms with Gasteiger partial charge in [0, 0.05) is 37.3 Å². The van der Waals surface area contributed by atoms with Crippen molar-refractivity contribution in [2.75, 3.05) is 39.5 Å². The molecule has 1 fully saturated rings. The summed E-state index contributed by atoms with van der Waals surface area (Å²) in [6.45, 7) is 4.08. The number of hydrogen-bond acceptors (Lipinski definition) is 4. The molecule has 0 radical (unpaired) electrons. The molecule has 0 spiro atoms. The number of ether oxygens (including phenoxy) is 1. The topological polar surface area (TPSA) is 53.9 Å². The van der Waals surface area contributed by atoms with Crippen molar-refractivity contribution in [3.63, 3.8) is 0 Å². The molecule has 1 aromatic rings. The molecule has 1 aliphatic heterocycles. The van der Waals surface area contributed by atoms with Gasteiger partial charge in [-0.25, -0.2) is 4.39 Å². The molecule has 0 saturated carbocycles. The Morgan fingerprint density at radius 1 is 1.46 bits per heavy atom. The summed E-state index contributed by atoms with van der Waals surface area (Å²) >= 11 is 1.47.